The van der Waals surface area contributed by atoms with Crippen LogP contribution in [0.15, 0.2) is 11.1 Å². The summed E-state index contributed by atoms with van der Waals surface area (Å²) in [6.07, 6.45) is 2.74. The van der Waals surface area contributed by atoms with Crippen molar-refractivity contribution in [2.45, 2.75) is 33.2 Å². The van der Waals surface area contributed by atoms with E-state index >= 15 is 0 Å². The number of aryl methyl sites for hydroxylation is 2. The van der Waals surface area contributed by atoms with Gasteiger partial charge in [-0.1, -0.05) is 0 Å². The van der Waals surface area contributed by atoms with E-state index in [9.17, 15) is 9.59 Å². The fourth-order valence-corrected chi connectivity index (χ4v) is 1.65. The Morgan fingerprint density at radius 3 is 2.87 bits per heavy atom. The average molecular weight is 320 g/mol. The number of ketones is 1. The van der Waals surface area contributed by atoms with Crippen molar-refractivity contribution in [2.24, 2.45) is 0 Å². The predicted octanol–water partition coefficient (Wildman–Crippen LogP) is 1.53. The number of Topliss-reactive ketones (excluding diaryl/α,β-unsaturated/α-hetero) is 1. The van der Waals surface area contributed by atoms with Crippen LogP contribution >= 0.6 is 22.6 Å². The molecule has 0 spiro atoms. The second-order valence-electron chi connectivity index (χ2n) is 3.45. The van der Waals surface area contributed by atoms with Gasteiger partial charge in [-0.3, -0.25) is 9.36 Å². The standard InChI is InChI=1S/C10H13IN2O2/c1-7(14)4-3-5-13-6-12-8(2)9(11)10(13)15/h6H,3-5H2,1-2H3. The molecule has 15 heavy (non-hydrogen) atoms. The number of aromatic nitrogens is 2. The fourth-order valence-electron chi connectivity index (χ4n) is 1.20. The molecule has 0 aromatic carbocycles. The predicted molar refractivity (Wildman–Crippen MR) is 65.9 cm³/mol. The highest BCUT2D eigenvalue weighted by atomic mass is 127. The molecule has 0 aliphatic rings. The number of carbonyl (C=O) groups is 1. The van der Waals surface area contributed by atoms with Crippen molar-refractivity contribution in [1.82, 2.24) is 9.55 Å². The Hall–Kier alpha value is -0.720. The third kappa shape index (κ3) is 3.40. The number of hydrogen-bond donors (Lipinski definition) is 0. The zero-order chi connectivity index (χ0) is 11.4. The van der Waals surface area contributed by atoms with Gasteiger partial charge >= 0.3 is 0 Å². The molecule has 0 atom stereocenters. The molecule has 4 nitrogen and oxygen atoms in total. The molecule has 0 aliphatic carbocycles. The van der Waals surface area contributed by atoms with Crippen LogP contribution in [0.5, 0.6) is 0 Å². The first-order valence-electron chi connectivity index (χ1n) is 4.73. The average Bonchev–Trinajstić information content (AvgIpc) is 2.18. The maximum absolute atomic E-state index is 11.7. The highest BCUT2D eigenvalue weighted by molar-refractivity contribution is 14.1. The molecule has 0 aliphatic heterocycles. The van der Waals surface area contributed by atoms with Gasteiger partial charge in [0.2, 0.25) is 0 Å². The maximum atomic E-state index is 11.7. The summed E-state index contributed by atoms with van der Waals surface area (Å²) in [6.45, 7) is 3.92. The smallest absolute Gasteiger partial charge is 0.266 e. The molecule has 0 bridgehead atoms. The molecule has 0 N–H and O–H groups in total. The molecule has 1 aromatic rings. The van der Waals surface area contributed by atoms with Gasteiger partial charge in [0.05, 0.1) is 15.6 Å². The highest BCUT2D eigenvalue weighted by Gasteiger charge is 2.04. The minimum Gasteiger partial charge on any atom is -0.300 e. The van der Waals surface area contributed by atoms with Gasteiger partial charge < -0.3 is 4.79 Å². The normalized spacial score (nSPS) is 10.3. The Balaban J connectivity index is 2.75. The number of rotatable bonds is 4. The van der Waals surface area contributed by atoms with Crippen molar-refractivity contribution in [3.8, 4) is 0 Å². The summed E-state index contributed by atoms with van der Waals surface area (Å²) in [7, 11) is 0. The Bertz CT molecular complexity index is 426. The molecule has 0 fully saturated rings. The Labute approximate surface area is 102 Å². The van der Waals surface area contributed by atoms with Gasteiger partial charge in [0, 0.05) is 13.0 Å². The minimum atomic E-state index is -0.0216. The van der Waals surface area contributed by atoms with Gasteiger partial charge in [0.25, 0.3) is 5.56 Å². The lowest BCUT2D eigenvalue weighted by atomic mass is 10.2. The molecule has 0 amide bonds. The van der Waals surface area contributed by atoms with Crippen LogP contribution in [0.25, 0.3) is 0 Å². The van der Waals surface area contributed by atoms with Crippen molar-refractivity contribution < 1.29 is 4.79 Å². The Morgan fingerprint density at radius 1 is 1.60 bits per heavy atom. The maximum Gasteiger partial charge on any atom is 0.266 e. The third-order valence-electron chi connectivity index (χ3n) is 2.08. The lowest BCUT2D eigenvalue weighted by Crippen LogP contribution is -2.24. The van der Waals surface area contributed by atoms with E-state index in [2.05, 4.69) is 4.98 Å². The third-order valence-corrected chi connectivity index (χ3v) is 3.33. The van der Waals surface area contributed by atoms with Gasteiger partial charge in [-0.15, -0.1) is 0 Å². The zero-order valence-corrected chi connectivity index (χ0v) is 10.9. The van der Waals surface area contributed by atoms with Crippen LogP contribution in [0.1, 0.15) is 25.5 Å². The summed E-state index contributed by atoms with van der Waals surface area (Å²) in [6, 6.07) is 0. The van der Waals surface area contributed by atoms with E-state index in [1.54, 1.807) is 17.8 Å². The summed E-state index contributed by atoms with van der Waals surface area (Å²) in [5, 5.41) is 0. The van der Waals surface area contributed by atoms with E-state index in [-0.39, 0.29) is 11.3 Å². The molecule has 1 rings (SSSR count). The first kappa shape index (κ1) is 12.4. The van der Waals surface area contributed by atoms with Crippen LogP contribution in [0.3, 0.4) is 0 Å². The SMILES string of the molecule is CC(=O)CCCn1cnc(C)c(I)c1=O. The van der Waals surface area contributed by atoms with Crippen LogP contribution in [0.2, 0.25) is 0 Å². The van der Waals surface area contributed by atoms with Crippen LogP contribution in [0, 0.1) is 10.5 Å². The molecular weight excluding hydrogens is 307 g/mol. The second kappa shape index (κ2) is 5.39. The van der Waals surface area contributed by atoms with E-state index < -0.39 is 0 Å². The Kier molecular flexibility index (Phi) is 4.44. The molecule has 0 saturated carbocycles. The second-order valence-corrected chi connectivity index (χ2v) is 4.53. The molecular formula is C10H13IN2O2. The van der Waals surface area contributed by atoms with Gasteiger partial charge in [-0.2, -0.15) is 0 Å². The number of carbonyl (C=O) groups excluding carboxylic acids is 1. The van der Waals surface area contributed by atoms with Crippen LogP contribution in [-0.2, 0) is 11.3 Å². The largest absolute Gasteiger partial charge is 0.300 e. The monoisotopic (exact) mass is 320 g/mol. The molecule has 0 saturated heterocycles. The molecule has 82 valence electrons. The summed E-state index contributed by atoms with van der Waals surface area (Å²) < 4.78 is 2.20. The van der Waals surface area contributed by atoms with E-state index in [1.165, 1.54) is 0 Å². The lowest BCUT2D eigenvalue weighted by Gasteiger charge is -2.05. The van der Waals surface area contributed by atoms with Crippen molar-refractivity contribution in [2.75, 3.05) is 0 Å². The minimum absolute atomic E-state index is 0.0216. The molecule has 1 aromatic heterocycles. The number of hydrogen-bond acceptors (Lipinski definition) is 3. The summed E-state index contributed by atoms with van der Waals surface area (Å²) >= 11 is 2.00. The lowest BCUT2D eigenvalue weighted by molar-refractivity contribution is -0.117. The molecule has 0 unspecified atom stereocenters. The quantitative estimate of drug-likeness (QED) is 0.791. The van der Waals surface area contributed by atoms with E-state index in [1.807, 2.05) is 29.5 Å². The van der Waals surface area contributed by atoms with Crippen molar-refractivity contribution >= 4 is 28.4 Å². The van der Waals surface area contributed by atoms with Crippen molar-refractivity contribution in [1.29, 1.82) is 0 Å². The summed E-state index contributed by atoms with van der Waals surface area (Å²) in [4.78, 5) is 26.5. The van der Waals surface area contributed by atoms with E-state index in [0.29, 0.717) is 23.0 Å². The van der Waals surface area contributed by atoms with Gasteiger partial charge in [0.1, 0.15) is 5.78 Å². The molecule has 0 radical (unpaired) electrons. The van der Waals surface area contributed by atoms with Crippen LogP contribution in [0.4, 0.5) is 0 Å². The topological polar surface area (TPSA) is 52.0 Å². The number of nitrogens with zero attached hydrogens (tertiary/aromatic N) is 2. The van der Waals surface area contributed by atoms with E-state index in [0.717, 1.165) is 5.69 Å². The van der Waals surface area contributed by atoms with E-state index in [4.69, 9.17) is 0 Å². The first-order chi connectivity index (χ1) is 7.02. The van der Waals surface area contributed by atoms with Crippen LogP contribution < -0.4 is 5.56 Å². The van der Waals surface area contributed by atoms with Crippen molar-refractivity contribution in [3.05, 3.63) is 25.9 Å². The zero-order valence-electron chi connectivity index (χ0n) is 8.79. The fraction of sp³-hybridized carbons (Fsp3) is 0.500. The molecule has 5 heteroatoms. The van der Waals surface area contributed by atoms with Crippen molar-refractivity contribution in [3.63, 3.8) is 0 Å². The van der Waals surface area contributed by atoms with Gasteiger partial charge in [-0.25, -0.2) is 4.98 Å². The summed E-state index contributed by atoms with van der Waals surface area (Å²) in [5.41, 5.74) is 0.732. The Morgan fingerprint density at radius 2 is 2.27 bits per heavy atom. The molecule has 1 heterocycles. The number of halogens is 1. The van der Waals surface area contributed by atoms with Crippen LogP contribution in [-0.4, -0.2) is 15.3 Å². The van der Waals surface area contributed by atoms with Gasteiger partial charge in [0.15, 0.2) is 0 Å². The first-order valence-corrected chi connectivity index (χ1v) is 5.81. The van der Waals surface area contributed by atoms with Gasteiger partial charge in [-0.05, 0) is 42.9 Å². The highest BCUT2D eigenvalue weighted by Crippen LogP contribution is 2.02. The summed E-state index contributed by atoms with van der Waals surface area (Å²) in [5.74, 6) is 0.151.